The van der Waals surface area contributed by atoms with Gasteiger partial charge in [0, 0.05) is 35.9 Å². The molecule has 4 heterocycles. The van der Waals surface area contributed by atoms with Crippen molar-refractivity contribution in [1.29, 1.82) is 0 Å². The summed E-state index contributed by atoms with van der Waals surface area (Å²) in [6, 6.07) is 19.0. The van der Waals surface area contributed by atoms with Gasteiger partial charge < -0.3 is 20.1 Å². The Morgan fingerprint density at radius 1 is 1.08 bits per heavy atom. The molecule has 4 aromatic rings. The van der Waals surface area contributed by atoms with E-state index in [1.54, 1.807) is 12.4 Å². The van der Waals surface area contributed by atoms with Gasteiger partial charge in [-0.15, -0.1) is 0 Å². The monoisotopic (exact) mass is 516 g/mol. The molecule has 1 aliphatic heterocycles. The summed E-state index contributed by atoms with van der Waals surface area (Å²) in [5.74, 6) is -0.245. The van der Waals surface area contributed by atoms with E-state index in [-0.39, 0.29) is 23.9 Å². The van der Waals surface area contributed by atoms with Crippen molar-refractivity contribution in [3.63, 3.8) is 0 Å². The molecule has 9 heteroatoms. The fourth-order valence-corrected chi connectivity index (χ4v) is 4.90. The number of thiocarbonyl (C=S) groups is 1. The first-order chi connectivity index (χ1) is 17.4. The molecular formula is C27H25ClN6OS. The fraction of sp³-hybridized carbons (Fsp3) is 0.185. The highest BCUT2D eigenvalue weighted by molar-refractivity contribution is 7.80. The third-order valence-corrected chi connectivity index (χ3v) is 6.75. The first-order valence-electron chi connectivity index (χ1n) is 11.6. The van der Waals surface area contributed by atoms with Crippen molar-refractivity contribution in [2.45, 2.75) is 25.9 Å². The molecule has 0 saturated carbocycles. The van der Waals surface area contributed by atoms with Gasteiger partial charge in [-0.2, -0.15) is 0 Å². The molecule has 0 spiro atoms. The zero-order chi connectivity index (χ0) is 25.2. The Bertz CT molecular complexity index is 1390. The summed E-state index contributed by atoms with van der Waals surface area (Å²) in [4.78, 5) is 23.2. The van der Waals surface area contributed by atoms with Crippen LogP contribution in [0, 0.1) is 5.92 Å². The van der Waals surface area contributed by atoms with E-state index in [1.165, 1.54) is 0 Å². The number of pyridine rings is 2. The molecule has 2 N–H and O–H groups in total. The van der Waals surface area contributed by atoms with E-state index in [0.717, 1.165) is 22.8 Å². The lowest BCUT2D eigenvalue weighted by atomic mass is 10.0. The number of carbonyl (C=O) groups is 1. The number of carbonyl (C=O) groups excluding carboxylic acids is 1. The van der Waals surface area contributed by atoms with Crippen molar-refractivity contribution in [1.82, 2.24) is 19.9 Å². The third kappa shape index (κ3) is 4.57. The summed E-state index contributed by atoms with van der Waals surface area (Å²) in [5, 5.41) is 7.35. The highest BCUT2D eigenvalue weighted by Crippen LogP contribution is 2.43. The number of hydrogen-bond acceptors (Lipinski definition) is 4. The Kier molecular flexibility index (Phi) is 6.71. The van der Waals surface area contributed by atoms with Crippen LogP contribution in [0.3, 0.4) is 0 Å². The largest absolute Gasteiger partial charge is 0.351 e. The van der Waals surface area contributed by atoms with E-state index in [4.69, 9.17) is 23.8 Å². The lowest BCUT2D eigenvalue weighted by molar-refractivity contribution is -0.118. The maximum Gasteiger partial charge on any atom is 0.226 e. The number of nitrogens with zero attached hydrogens (tertiary/aromatic N) is 4. The van der Waals surface area contributed by atoms with Crippen LogP contribution in [0.2, 0.25) is 5.02 Å². The van der Waals surface area contributed by atoms with Crippen molar-refractivity contribution < 1.29 is 4.79 Å². The second-order valence-electron chi connectivity index (χ2n) is 8.82. The van der Waals surface area contributed by atoms with E-state index in [9.17, 15) is 4.79 Å². The van der Waals surface area contributed by atoms with E-state index >= 15 is 0 Å². The summed E-state index contributed by atoms with van der Waals surface area (Å²) in [5.41, 5.74) is 4.20. The van der Waals surface area contributed by atoms with Crippen LogP contribution in [0.15, 0.2) is 85.5 Å². The average molecular weight is 517 g/mol. The predicted molar refractivity (Wildman–Crippen MR) is 146 cm³/mol. The third-order valence-electron chi connectivity index (χ3n) is 6.12. The lowest BCUT2D eigenvalue weighted by Crippen LogP contribution is -2.30. The second-order valence-corrected chi connectivity index (χ2v) is 9.61. The van der Waals surface area contributed by atoms with Crippen LogP contribution < -0.4 is 15.5 Å². The molecule has 3 aromatic heterocycles. The quantitative estimate of drug-likeness (QED) is 0.320. The molecule has 0 radical (unpaired) electrons. The molecule has 1 amide bonds. The van der Waals surface area contributed by atoms with E-state index in [1.807, 2.05) is 80.8 Å². The van der Waals surface area contributed by atoms with Crippen molar-refractivity contribution in [2.24, 2.45) is 5.92 Å². The molecular weight excluding hydrogens is 492 g/mol. The molecule has 2 atom stereocenters. The number of anilines is 2. The van der Waals surface area contributed by atoms with Crippen molar-refractivity contribution in [3.05, 3.63) is 102 Å². The number of halogens is 1. The van der Waals surface area contributed by atoms with Gasteiger partial charge in [0.2, 0.25) is 5.91 Å². The van der Waals surface area contributed by atoms with Gasteiger partial charge in [-0.25, -0.2) is 0 Å². The Balaban J connectivity index is 1.59. The fourth-order valence-electron chi connectivity index (χ4n) is 4.33. The van der Waals surface area contributed by atoms with Gasteiger partial charge in [0.25, 0.3) is 0 Å². The minimum atomic E-state index is -0.227. The molecule has 5 rings (SSSR count). The van der Waals surface area contributed by atoms with Crippen molar-refractivity contribution in [3.8, 4) is 5.69 Å². The van der Waals surface area contributed by atoms with E-state index in [2.05, 4.69) is 36.1 Å². The minimum Gasteiger partial charge on any atom is -0.351 e. The topological polar surface area (TPSA) is 75.1 Å². The summed E-state index contributed by atoms with van der Waals surface area (Å²) in [6.07, 6.45) is 7.37. The van der Waals surface area contributed by atoms with Crippen LogP contribution in [0.5, 0.6) is 0 Å². The zero-order valence-corrected chi connectivity index (χ0v) is 21.4. The van der Waals surface area contributed by atoms with Crippen LogP contribution in [0.25, 0.3) is 5.69 Å². The number of benzene rings is 1. The molecule has 1 aromatic carbocycles. The van der Waals surface area contributed by atoms with Crippen molar-refractivity contribution >= 4 is 46.2 Å². The number of hydrogen-bond donors (Lipinski definition) is 2. The van der Waals surface area contributed by atoms with Gasteiger partial charge in [-0.3, -0.25) is 14.8 Å². The zero-order valence-electron chi connectivity index (χ0n) is 19.8. The lowest BCUT2D eigenvalue weighted by Gasteiger charge is -2.29. The standard InChI is InChI=1S/C27H25ClN6OS/c1-17(2)26(35)31-21-11-10-18(15-20(21)28)34-25(24(32-27(34)36)22-8-3-4-13-30-22)23-9-6-14-33(23)19-7-5-12-29-16-19/h3-17,24-25H,1-2H3,(H,31,35)(H,32,36). The number of aromatic nitrogens is 3. The first-order valence-corrected chi connectivity index (χ1v) is 12.4. The Hall–Kier alpha value is -3.75. The number of amides is 1. The maximum absolute atomic E-state index is 12.2. The molecule has 182 valence electrons. The predicted octanol–water partition coefficient (Wildman–Crippen LogP) is 5.69. The molecule has 7 nitrogen and oxygen atoms in total. The molecule has 2 unspecified atom stereocenters. The number of rotatable bonds is 6. The Morgan fingerprint density at radius 2 is 1.94 bits per heavy atom. The van der Waals surface area contributed by atoms with Crippen LogP contribution in [0.1, 0.15) is 37.3 Å². The van der Waals surface area contributed by atoms with E-state index < -0.39 is 0 Å². The molecule has 0 aliphatic carbocycles. The van der Waals surface area contributed by atoms with Crippen LogP contribution in [-0.4, -0.2) is 25.6 Å². The van der Waals surface area contributed by atoms with Gasteiger partial charge in [-0.05, 0) is 66.8 Å². The normalized spacial score (nSPS) is 17.3. The van der Waals surface area contributed by atoms with Crippen molar-refractivity contribution in [2.75, 3.05) is 10.2 Å². The molecule has 1 saturated heterocycles. The minimum absolute atomic E-state index is 0.0922. The Morgan fingerprint density at radius 3 is 2.64 bits per heavy atom. The van der Waals surface area contributed by atoms with Gasteiger partial charge in [-0.1, -0.05) is 31.5 Å². The van der Waals surface area contributed by atoms with E-state index in [0.29, 0.717) is 15.8 Å². The highest BCUT2D eigenvalue weighted by atomic mass is 35.5. The first kappa shape index (κ1) is 24.0. The molecule has 36 heavy (non-hydrogen) atoms. The summed E-state index contributed by atoms with van der Waals surface area (Å²) in [7, 11) is 0. The highest BCUT2D eigenvalue weighted by Gasteiger charge is 2.42. The van der Waals surface area contributed by atoms with Gasteiger partial charge in [0.1, 0.15) is 6.04 Å². The van der Waals surface area contributed by atoms with Crippen LogP contribution in [-0.2, 0) is 4.79 Å². The smallest absolute Gasteiger partial charge is 0.226 e. The van der Waals surface area contributed by atoms with Crippen LogP contribution in [0.4, 0.5) is 11.4 Å². The SMILES string of the molecule is CC(C)C(=O)Nc1ccc(N2C(=S)NC(c3ccccn3)C2c2cccn2-c2cccnc2)cc1Cl. The van der Waals surface area contributed by atoms with Gasteiger partial charge in [0.15, 0.2) is 5.11 Å². The average Bonchev–Trinajstić information content (AvgIpc) is 3.50. The molecule has 1 aliphatic rings. The molecule has 0 bridgehead atoms. The Labute approximate surface area is 220 Å². The summed E-state index contributed by atoms with van der Waals surface area (Å²) < 4.78 is 2.11. The maximum atomic E-state index is 12.2. The summed E-state index contributed by atoms with van der Waals surface area (Å²) >= 11 is 12.5. The van der Waals surface area contributed by atoms with Gasteiger partial charge in [0.05, 0.1) is 34.3 Å². The second kappa shape index (κ2) is 10.1. The van der Waals surface area contributed by atoms with Gasteiger partial charge >= 0.3 is 0 Å². The molecule has 1 fully saturated rings. The summed E-state index contributed by atoms with van der Waals surface area (Å²) in [6.45, 7) is 3.68. The van der Waals surface area contributed by atoms with Crippen LogP contribution >= 0.6 is 23.8 Å². The number of nitrogens with one attached hydrogen (secondary N) is 2.